The molecule has 0 saturated carbocycles. The van der Waals surface area contributed by atoms with Gasteiger partial charge in [-0.05, 0) is 36.6 Å². The second kappa shape index (κ2) is 7.45. The van der Waals surface area contributed by atoms with Crippen LogP contribution in [0.2, 0.25) is 0 Å². The Morgan fingerprint density at radius 2 is 1.71 bits per heavy atom. The molecule has 2 rings (SSSR count). The zero-order valence-electron chi connectivity index (χ0n) is 11.7. The Bertz CT molecular complexity index is 693. The molecule has 0 aliphatic carbocycles. The number of nitrogens with one attached hydrogen (secondary N) is 1. The molecule has 0 unspecified atom stereocenters. The summed E-state index contributed by atoms with van der Waals surface area (Å²) in [6.07, 6.45) is 1.80. The van der Waals surface area contributed by atoms with Crippen LogP contribution in [0.5, 0.6) is 0 Å². The lowest BCUT2D eigenvalue weighted by atomic mass is 10.2. The van der Waals surface area contributed by atoms with Crippen LogP contribution in [0.15, 0.2) is 75.9 Å². The number of sulfonamides is 1. The highest BCUT2D eigenvalue weighted by molar-refractivity contribution is 8.02. The van der Waals surface area contributed by atoms with Crippen LogP contribution in [0.4, 0.5) is 0 Å². The Kier molecular flexibility index (Phi) is 5.61. The van der Waals surface area contributed by atoms with E-state index in [-0.39, 0.29) is 11.4 Å². The summed E-state index contributed by atoms with van der Waals surface area (Å²) in [4.78, 5) is 1.41. The molecule has 1 N–H and O–H groups in total. The van der Waals surface area contributed by atoms with E-state index < -0.39 is 10.0 Å². The van der Waals surface area contributed by atoms with Gasteiger partial charge in [-0.2, -0.15) is 0 Å². The Labute approximate surface area is 130 Å². The van der Waals surface area contributed by atoms with Gasteiger partial charge in [0.15, 0.2) is 0 Å². The maximum absolute atomic E-state index is 12.0. The summed E-state index contributed by atoms with van der Waals surface area (Å²) in [6, 6.07) is 16.7. The number of hydrogen-bond acceptors (Lipinski definition) is 3. The van der Waals surface area contributed by atoms with Gasteiger partial charge in [0.1, 0.15) is 0 Å². The predicted molar refractivity (Wildman–Crippen MR) is 87.8 cm³/mol. The van der Waals surface area contributed by atoms with Crippen molar-refractivity contribution in [3.8, 4) is 0 Å². The highest BCUT2D eigenvalue weighted by Gasteiger charge is 2.11. The van der Waals surface area contributed by atoms with Crippen molar-refractivity contribution in [2.45, 2.75) is 16.7 Å². The fourth-order valence-corrected chi connectivity index (χ4v) is 3.27. The quantitative estimate of drug-likeness (QED) is 0.828. The second-order valence-electron chi connectivity index (χ2n) is 4.47. The Balaban J connectivity index is 1.86. The number of thioether (sulfide) groups is 1. The van der Waals surface area contributed by atoms with Gasteiger partial charge in [-0.1, -0.05) is 53.7 Å². The SMILES string of the molecule is Cc1ccc(S(=O)(=O)NC/C=C/Sc2ccccc2)cc1. The van der Waals surface area contributed by atoms with Crippen molar-refractivity contribution in [2.24, 2.45) is 0 Å². The van der Waals surface area contributed by atoms with Crippen molar-refractivity contribution in [1.82, 2.24) is 4.72 Å². The topological polar surface area (TPSA) is 46.2 Å². The smallest absolute Gasteiger partial charge is 0.207 e. The summed E-state index contributed by atoms with van der Waals surface area (Å²) in [7, 11) is -3.43. The van der Waals surface area contributed by atoms with Gasteiger partial charge in [-0.15, -0.1) is 0 Å². The van der Waals surface area contributed by atoms with Gasteiger partial charge >= 0.3 is 0 Å². The van der Waals surface area contributed by atoms with Crippen molar-refractivity contribution in [1.29, 1.82) is 0 Å². The first-order valence-corrected chi connectivity index (χ1v) is 8.87. The van der Waals surface area contributed by atoms with E-state index in [4.69, 9.17) is 0 Å². The fraction of sp³-hybridized carbons (Fsp3) is 0.125. The van der Waals surface area contributed by atoms with Crippen LogP contribution in [-0.2, 0) is 10.0 Å². The Morgan fingerprint density at radius 3 is 2.38 bits per heavy atom. The molecule has 0 radical (unpaired) electrons. The van der Waals surface area contributed by atoms with Crippen LogP contribution < -0.4 is 4.72 Å². The molecule has 0 atom stereocenters. The first kappa shape index (κ1) is 15.8. The average Bonchev–Trinajstić information content (AvgIpc) is 2.48. The van der Waals surface area contributed by atoms with E-state index in [1.807, 2.05) is 42.7 Å². The maximum Gasteiger partial charge on any atom is 0.240 e. The van der Waals surface area contributed by atoms with Crippen molar-refractivity contribution in [2.75, 3.05) is 6.54 Å². The summed E-state index contributed by atoms with van der Waals surface area (Å²) >= 11 is 1.55. The van der Waals surface area contributed by atoms with Crippen LogP contribution in [-0.4, -0.2) is 15.0 Å². The minimum absolute atomic E-state index is 0.274. The third kappa shape index (κ3) is 5.04. The van der Waals surface area contributed by atoms with Gasteiger partial charge in [0.05, 0.1) is 4.90 Å². The summed E-state index contributed by atoms with van der Waals surface area (Å²) in [5.74, 6) is 0. The molecule has 0 aliphatic rings. The maximum atomic E-state index is 12.0. The lowest BCUT2D eigenvalue weighted by Crippen LogP contribution is -2.23. The lowest BCUT2D eigenvalue weighted by molar-refractivity contribution is 0.585. The molecule has 3 nitrogen and oxygen atoms in total. The molecule has 0 heterocycles. The number of rotatable bonds is 6. The number of benzene rings is 2. The Morgan fingerprint density at radius 1 is 1.05 bits per heavy atom. The van der Waals surface area contributed by atoms with Gasteiger partial charge in [0, 0.05) is 11.4 Å². The van der Waals surface area contributed by atoms with E-state index in [2.05, 4.69) is 4.72 Å². The highest BCUT2D eigenvalue weighted by Crippen LogP contribution is 2.17. The fourth-order valence-electron chi connectivity index (χ4n) is 1.63. The standard InChI is InChI=1S/C16H17NO2S2/c1-14-8-10-16(11-9-14)21(18,19)17-12-5-13-20-15-6-3-2-4-7-15/h2-11,13,17H,12H2,1H3/b13-5+. The molecule has 0 amide bonds. The molecule has 0 aliphatic heterocycles. The average molecular weight is 319 g/mol. The molecule has 0 fully saturated rings. The lowest BCUT2D eigenvalue weighted by Gasteiger charge is -2.04. The molecule has 0 bridgehead atoms. The molecule has 2 aromatic carbocycles. The first-order valence-electron chi connectivity index (χ1n) is 6.51. The van der Waals surface area contributed by atoms with E-state index in [1.54, 1.807) is 42.1 Å². The minimum atomic E-state index is -3.43. The third-order valence-corrected chi connectivity index (χ3v) is 5.08. The molecule has 5 heteroatoms. The van der Waals surface area contributed by atoms with Crippen LogP contribution in [0.25, 0.3) is 0 Å². The molecule has 0 aromatic heterocycles. The number of aryl methyl sites for hydroxylation is 1. The minimum Gasteiger partial charge on any atom is -0.207 e. The summed E-state index contributed by atoms with van der Waals surface area (Å²) in [5, 5.41) is 1.88. The summed E-state index contributed by atoms with van der Waals surface area (Å²) in [5.41, 5.74) is 1.04. The van der Waals surface area contributed by atoms with Crippen LogP contribution >= 0.6 is 11.8 Å². The molecule has 21 heavy (non-hydrogen) atoms. The second-order valence-corrected chi connectivity index (χ2v) is 7.21. The van der Waals surface area contributed by atoms with Crippen molar-refractivity contribution in [3.63, 3.8) is 0 Å². The molecular weight excluding hydrogens is 302 g/mol. The van der Waals surface area contributed by atoms with Gasteiger partial charge in [0.2, 0.25) is 10.0 Å². The monoisotopic (exact) mass is 319 g/mol. The Hall–Kier alpha value is -1.56. The molecule has 0 spiro atoms. The van der Waals surface area contributed by atoms with E-state index in [0.29, 0.717) is 0 Å². The van der Waals surface area contributed by atoms with E-state index in [0.717, 1.165) is 10.5 Å². The largest absolute Gasteiger partial charge is 0.240 e. The zero-order valence-corrected chi connectivity index (χ0v) is 13.3. The van der Waals surface area contributed by atoms with Crippen molar-refractivity contribution < 1.29 is 8.42 Å². The molecular formula is C16H17NO2S2. The molecule has 0 saturated heterocycles. The van der Waals surface area contributed by atoms with Crippen molar-refractivity contribution >= 4 is 21.8 Å². The number of hydrogen-bond donors (Lipinski definition) is 1. The molecule has 110 valence electrons. The van der Waals surface area contributed by atoms with Gasteiger partial charge in [-0.3, -0.25) is 0 Å². The van der Waals surface area contributed by atoms with Crippen LogP contribution in [0.3, 0.4) is 0 Å². The van der Waals surface area contributed by atoms with Crippen molar-refractivity contribution in [3.05, 3.63) is 71.6 Å². The van der Waals surface area contributed by atoms with E-state index in [9.17, 15) is 8.42 Å². The predicted octanol–water partition coefficient (Wildman–Crippen LogP) is 3.58. The third-order valence-electron chi connectivity index (χ3n) is 2.77. The van der Waals surface area contributed by atoms with Gasteiger partial charge in [0.25, 0.3) is 0 Å². The van der Waals surface area contributed by atoms with Crippen LogP contribution in [0, 0.1) is 6.92 Å². The normalized spacial score (nSPS) is 11.9. The van der Waals surface area contributed by atoms with E-state index >= 15 is 0 Å². The van der Waals surface area contributed by atoms with E-state index in [1.165, 1.54) is 0 Å². The first-order chi connectivity index (χ1) is 10.1. The summed E-state index contributed by atoms with van der Waals surface area (Å²) in [6.45, 7) is 2.20. The van der Waals surface area contributed by atoms with Crippen LogP contribution in [0.1, 0.15) is 5.56 Å². The van der Waals surface area contributed by atoms with Gasteiger partial charge < -0.3 is 0 Å². The zero-order chi connectivity index (χ0) is 15.1. The highest BCUT2D eigenvalue weighted by atomic mass is 32.2. The van der Waals surface area contributed by atoms with Gasteiger partial charge in [-0.25, -0.2) is 13.1 Å². The summed E-state index contributed by atoms with van der Waals surface area (Å²) < 4.78 is 26.6. The molecule has 2 aromatic rings.